The molecule has 0 atom stereocenters. The fourth-order valence-corrected chi connectivity index (χ4v) is 2.95. The number of benzene rings is 1. The highest BCUT2D eigenvalue weighted by molar-refractivity contribution is 5.66. The van der Waals surface area contributed by atoms with Gasteiger partial charge in [0.25, 0.3) is 0 Å². The van der Waals surface area contributed by atoms with E-state index in [-0.39, 0.29) is 0 Å². The Bertz CT molecular complexity index is 386. The van der Waals surface area contributed by atoms with Crippen LogP contribution in [0.1, 0.15) is 55.6 Å². The molecule has 1 aromatic carbocycles. The summed E-state index contributed by atoms with van der Waals surface area (Å²) in [6, 6.07) is 8.87. The minimum absolute atomic E-state index is 0.333. The minimum Gasteiger partial charge on any atom is -0.481 e. The molecule has 1 fully saturated rings. The van der Waals surface area contributed by atoms with Crippen molar-refractivity contribution >= 4 is 5.97 Å². The maximum Gasteiger partial charge on any atom is 0.303 e. The Kier molecular flexibility index (Phi) is 4.40. The molecule has 0 bridgehead atoms. The maximum absolute atomic E-state index is 10.6. The number of hydrogen-bond donors (Lipinski definition) is 1. The van der Waals surface area contributed by atoms with E-state index in [0.29, 0.717) is 18.3 Å². The van der Waals surface area contributed by atoms with Gasteiger partial charge in [-0.25, -0.2) is 0 Å². The van der Waals surface area contributed by atoms with Gasteiger partial charge in [0.15, 0.2) is 0 Å². The van der Waals surface area contributed by atoms with Crippen LogP contribution >= 0.6 is 0 Å². The zero-order valence-corrected chi connectivity index (χ0v) is 11.1. The fraction of sp³-hybridized carbons (Fsp3) is 0.562. The largest absolute Gasteiger partial charge is 0.481 e. The van der Waals surface area contributed by atoms with Crippen LogP contribution in [0.5, 0.6) is 0 Å². The SMILES string of the molecule is Cc1ccc(C2CCC(CCC(=O)O)CC2)cc1. The quantitative estimate of drug-likeness (QED) is 0.867. The maximum atomic E-state index is 10.6. The minimum atomic E-state index is -0.657. The second-order valence-electron chi connectivity index (χ2n) is 5.56. The molecule has 0 radical (unpaired) electrons. The van der Waals surface area contributed by atoms with E-state index in [0.717, 1.165) is 6.42 Å². The lowest BCUT2D eigenvalue weighted by Crippen LogP contribution is -2.14. The molecule has 1 N–H and O–H groups in total. The molecule has 0 heterocycles. The Morgan fingerprint density at radius 3 is 2.33 bits per heavy atom. The van der Waals surface area contributed by atoms with Crippen molar-refractivity contribution in [1.82, 2.24) is 0 Å². The van der Waals surface area contributed by atoms with E-state index in [1.165, 1.54) is 36.8 Å². The predicted molar refractivity (Wildman–Crippen MR) is 72.7 cm³/mol. The van der Waals surface area contributed by atoms with Crippen LogP contribution in [0.2, 0.25) is 0 Å². The number of aliphatic carboxylic acids is 1. The topological polar surface area (TPSA) is 37.3 Å². The van der Waals surface area contributed by atoms with E-state index < -0.39 is 5.97 Å². The fourth-order valence-electron chi connectivity index (χ4n) is 2.95. The first-order valence-electron chi connectivity index (χ1n) is 6.93. The zero-order valence-electron chi connectivity index (χ0n) is 11.1. The van der Waals surface area contributed by atoms with Gasteiger partial charge >= 0.3 is 5.97 Å². The second kappa shape index (κ2) is 6.03. The lowest BCUT2D eigenvalue weighted by molar-refractivity contribution is -0.137. The molecule has 0 aliphatic heterocycles. The number of aryl methyl sites for hydroxylation is 1. The van der Waals surface area contributed by atoms with E-state index >= 15 is 0 Å². The Labute approximate surface area is 109 Å². The molecule has 2 rings (SSSR count). The van der Waals surface area contributed by atoms with Gasteiger partial charge in [-0.15, -0.1) is 0 Å². The zero-order chi connectivity index (χ0) is 13.0. The molecule has 2 heteroatoms. The molecule has 1 aromatic rings. The number of carboxylic acid groups (broad SMARTS) is 1. The average Bonchev–Trinajstić information content (AvgIpc) is 2.38. The summed E-state index contributed by atoms with van der Waals surface area (Å²) in [6.07, 6.45) is 5.99. The number of rotatable bonds is 4. The first kappa shape index (κ1) is 13.1. The van der Waals surface area contributed by atoms with Crippen molar-refractivity contribution in [3.05, 3.63) is 35.4 Å². The van der Waals surface area contributed by atoms with Crippen molar-refractivity contribution in [1.29, 1.82) is 0 Å². The van der Waals surface area contributed by atoms with E-state index in [1.807, 2.05) is 0 Å². The lowest BCUT2D eigenvalue weighted by atomic mass is 9.77. The van der Waals surface area contributed by atoms with E-state index in [1.54, 1.807) is 0 Å². The van der Waals surface area contributed by atoms with Gasteiger partial charge in [0, 0.05) is 6.42 Å². The van der Waals surface area contributed by atoms with Gasteiger partial charge in [-0.2, -0.15) is 0 Å². The first-order valence-corrected chi connectivity index (χ1v) is 6.93. The van der Waals surface area contributed by atoms with Gasteiger partial charge in [0.2, 0.25) is 0 Å². The third-order valence-electron chi connectivity index (χ3n) is 4.16. The van der Waals surface area contributed by atoms with Crippen LogP contribution in [0.25, 0.3) is 0 Å². The Morgan fingerprint density at radius 2 is 1.78 bits per heavy atom. The monoisotopic (exact) mass is 246 g/mol. The van der Waals surface area contributed by atoms with Crippen LogP contribution in [-0.2, 0) is 4.79 Å². The van der Waals surface area contributed by atoms with E-state index in [9.17, 15) is 4.79 Å². The second-order valence-corrected chi connectivity index (χ2v) is 5.56. The first-order chi connectivity index (χ1) is 8.65. The molecule has 1 aliphatic carbocycles. The molecule has 0 saturated heterocycles. The van der Waals surface area contributed by atoms with Crippen molar-refractivity contribution in [2.45, 2.75) is 51.4 Å². The standard InChI is InChI=1S/C16H22O2/c1-12-2-7-14(8-3-12)15-9-4-13(5-10-15)6-11-16(17)18/h2-3,7-8,13,15H,4-6,9-11H2,1H3,(H,17,18). The average molecular weight is 246 g/mol. The summed E-state index contributed by atoms with van der Waals surface area (Å²) in [5.74, 6) is 0.658. The Balaban J connectivity index is 1.83. The summed E-state index contributed by atoms with van der Waals surface area (Å²) in [7, 11) is 0. The molecule has 98 valence electrons. The van der Waals surface area contributed by atoms with Crippen LogP contribution in [0.4, 0.5) is 0 Å². The van der Waals surface area contributed by atoms with Crippen LogP contribution in [-0.4, -0.2) is 11.1 Å². The Hall–Kier alpha value is -1.31. The lowest BCUT2D eigenvalue weighted by Gasteiger charge is -2.28. The van der Waals surface area contributed by atoms with Crippen molar-refractivity contribution in [2.75, 3.05) is 0 Å². The third kappa shape index (κ3) is 3.59. The van der Waals surface area contributed by atoms with Gasteiger partial charge in [0.1, 0.15) is 0 Å². The highest BCUT2D eigenvalue weighted by Gasteiger charge is 2.22. The molecule has 2 nitrogen and oxygen atoms in total. The Morgan fingerprint density at radius 1 is 1.17 bits per heavy atom. The van der Waals surface area contributed by atoms with Gasteiger partial charge in [0.05, 0.1) is 0 Å². The van der Waals surface area contributed by atoms with Crippen molar-refractivity contribution < 1.29 is 9.90 Å². The third-order valence-corrected chi connectivity index (χ3v) is 4.16. The van der Waals surface area contributed by atoms with Crippen molar-refractivity contribution in [3.63, 3.8) is 0 Å². The summed E-state index contributed by atoms with van der Waals surface area (Å²) in [5.41, 5.74) is 2.77. The molecule has 0 amide bonds. The van der Waals surface area contributed by atoms with E-state index in [4.69, 9.17) is 5.11 Å². The summed E-state index contributed by atoms with van der Waals surface area (Å²) < 4.78 is 0. The molecule has 0 aromatic heterocycles. The molecular weight excluding hydrogens is 224 g/mol. The van der Waals surface area contributed by atoms with Crippen LogP contribution in [0.3, 0.4) is 0 Å². The van der Waals surface area contributed by atoms with Crippen molar-refractivity contribution in [3.8, 4) is 0 Å². The summed E-state index contributed by atoms with van der Waals surface area (Å²) in [5, 5.41) is 8.70. The number of carboxylic acids is 1. The summed E-state index contributed by atoms with van der Waals surface area (Å²) >= 11 is 0. The number of carbonyl (C=O) groups is 1. The van der Waals surface area contributed by atoms with Gasteiger partial charge < -0.3 is 5.11 Å². The van der Waals surface area contributed by atoms with Crippen LogP contribution < -0.4 is 0 Å². The van der Waals surface area contributed by atoms with Crippen LogP contribution in [0, 0.1) is 12.8 Å². The van der Waals surface area contributed by atoms with Gasteiger partial charge in [-0.1, -0.05) is 29.8 Å². The van der Waals surface area contributed by atoms with Gasteiger partial charge in [-0.3, -0.25) is 4.79 Å². The molecule has 0 unspecified atom stereocenters. The normalized spacial score (nSPS) is 23.8. The molecule has 18 heavy (non-hydrogen) atoms. The van der Waals surface area contributed by atoms with E-state index in [2.05, 4.69) is 31.2 Å². The molecule has 1 aliphatic rings. The summed E-state index contributed by atoms with van der Waals surface area (Å²) in [4.78, 5) is 10.6. The predicted octanol–water partition coefficient (Wildman–Crippen LogP) is 4.13. The molecule has 0 spiro atoms. The highest BCUT2D eigenvalue weighted by atomic mass is 16.4. The van der Waals surface area contributed by atoms with Crippen molar-refractivity contribution in [2.24, 2.45) is 5.92 Å². The van der Waals surface area contributed by atoms with Gasteiger partial charge in [-0.05, 0) is 56.4 Å². The molecular formula is C16H22O2. The molecule has 1 saturated carbocycles. The highest BCUT2D eigenvalue weighted by Crippen LogP contribution is 2.37. The van der Waals surface area contributed by atoms with Crippen LogP contribution in [0.15, 0.2) is 24.3 Å². The summed E-state index contributed by atoms with van der Waals surface area (Å²) in [6.45, 7) is 2.12. The smallest absolute Gasteiger partial charge is 0.303 e. The number of hydrogen-bond acceptors (Lipinski definition) is 1.